The Kier molecular flexibility index (Phi) is 3.64. The van der Waals surface area contributed by atoms with E-state index < -0.39 is 0 Å². The summed E-state index contributed by atoms with van der Waals surface area (Å²) >= 11 is 0. The van der Waals surface area contributed by atoms with Gasteiger partial charge in [0.05, 0.1) is 5.92 Å². The predicted molar refractivity (Wildman–Crippen MR) is 69.4 cm³/mol. The maximum atomic E-state index is 5.51. The van der Waals surface area contributed by atoms with E-state index in [4.69, 9.17) is 4.52 Å². The third kappa shape index (κ3) is 2.74. The number of nitrogens with one attached hydrogen (secondary N) is 1. The Morgan fingerprint density at radius 3 is 2.83 bits per heavy atom. The first-order valence-electron chi connectivity index (χ1n) is 7.42. The zero-order chi connectivity index (χ0) is 12.4. The van der Waals surface area contributed by atoms with Gasteiger partial charge in [-0.3, -0.25) is 0 Å². The van der Waals surface area contributed by atoms with Crippen molar-refractivity contribution in [2.45, 2.75) is 63.8 Å². The molecule has 2 aliphatic carbocycles. The normalized spacial score (nSPS) is 28.5. The van der Waals surface area contributed by atoms with Crippen LogP contribution in [0.4, 0.5) is 0 Å². The summed E-state index contributed by atoms with van der Waals surface area (Å²) in [6.07, 6.45) is 8.72. The maximum absolute atomic E-state index is 5.51. The highest BCUT2D eigenvalue weighted by Gasteiger charge is 2.31. The van der Waals surface area contributed by atoms with Crippen molar-refractivity contribution in [1.29, 1.82) is 0 Å². The Labute approximate surface area is 109 Å². The smallest absolute Gasteiger partial charge is 0.231 e. The highest BCUT2D eigenvalue weighted by atomic mass is 16.5. The maximum Gasteiger partial charge on any atom is 0.231 e. The lowest BCUT2D eigenvalue weighted by atomic mass is 9.84. The van der Waals surface area contributed by atoms with Crippen LogP contribution in [0.3, 0.4) is 0 Å². The fourth-order valence-electron chi connectivity index (χ4n) is 3.01. The van der Waals surface area contributed by atoms with Crippen molar-refractivity contribution in [1.82, 2.24) is 15.5 Å². The SMILES string of the molecule is CCNC1CCCCC1c1nc(CC2CC2)no1. The summed E-state index contributed by atoms with van der Waals surface area (Å²) in [5.74, 6) is 3.05. The summed E-state index contributed by atoms with van der Waals surface area (Å²) in [6, 6.07) is 0.526. The molecule has 2 unspecified atom stereocenters. The van der Waals surface area contributed by atoms with Crippen LogP contribution in [0, 0.1) is 5.92 Å². The summed E-state index contributed by atoms with van der Waals surface area (Å²) < 4.78 is 5.51. The predicted octanol–water partition coefficient (Wildman–Crippen LogP) is 2.66. The minimum Gasteiger partial charge on any atom is -0.339 e. The molecule has 0 aromatic carbocycles. The van der Waals surface area contributed by atoms with Crippen molar-refractivity contribution in [3.63, 3.8) is 0 Å². The molecular formula is C14H23N3O. The van der Waals surface area contributed by atoms with Gasteiger partial charge in [0.1, 0.15) is 0 Å². The van der Waals surface area contributed by atoms with E-state index in [1.165, 1.54) is 38.5 Å². The molecular weight excluding hydrogens is 226 g/mol. The topological polar surface area (TPSA) is 51.0 Å². The monoisotopic (exact) mass is 249 g/mol. The van der Waals surface area contributed by atoms with Crippen LogP contribution in [-0.2, 0) is 6.42 Å². The number of hydrogen-bond acceptors (Lipinski definition) is 4. The Balaban J connectivity index is 1.68. The quantitative estimate of drug-likeness (QED) is 0.871. The molecule has 2 fully saturated rings. The Morgan fingerprint density at radius 2 is 2.06 bits per heavy atom. The second kappa shape index (κ2) is 5.39. The molecule has 0 spiro atoms. The van der Waals surface area contributed by atoms with Crippen molar-refractivity contribution in [2.24, 2.45) is 5.92 Å². The average Bonchev–Trinajstić information content (AvgIpc) is 3.07. The average molecular weight is 249 g/mol. The largest absolute Gasteiger partial charge is 0.339 e. The van der Waals surface area contributed by atoms with Crippen LogP contribution in [0.15, 0.2) is 4.52 Å². The molecule has 1 aromatic rings. The molecule has 1 N–H and O–H groups in total. The van der Waals surface area contributed by atoms with Gasteiger partial charge in [-0.15, -0.1) is 0 Å². The fraction of sp³-hybridized carbons (Fsp3) is 0.857. The van der Waals surface area contributed by atoms with E-state index in [9.17, 15) is 0 Å². The minimum absolute atomic E-state index is 0.430. The first kappa shape index (κ1) is 12.2. The second-order valence-corrected chi connectivity index (χ2v) is 5.75. The fourth-order valence-corrected chi connectivity index (χ4v) is 3.01. The van der Waals surface area contributed by atoms with Crippen molar-refractivity contribution in [3.05, 3.63) is 11.7 Å². The zero-order valence-corrected chi connectivity index (χ0v) is 11.2. The van der Waals surface area contributed by atoms with Crippen LogP contribution in [0.2, 0.25) is 0 Å². The molecule has 3 rings (SSSR count). The van der Waals surface area contributed by atoms with E-state index >= 15 is 0 Å². The number of likely N-dealkylation sites (N-methyl/N-ethyl adjacent to an activating group) is 1. The van der Waals surface area contributed by atoms with Gasteiger partial charge in [0.15, 0.2) is 5.82 Å². The van der Waals surface area contributed by atoms with Gasteiger partial charge in [0.2, 0.25) is 5.89 Å². The molecule has 0 aliphatic heterocycles. The molecule has 0 saturated heterocycles. The van der Waals surface area contributed by atoms with Crippen LogP contribution < -0.4 is 5.32 Å². The van der Waals surface area contributed by atoms with E-state index in [2.05, 4.69) is 22.4 Å². The third-order valence-electron chi connectivity index (χ3n) is 4.20. The van der Waals surface area contributed by atoms with Gasteiger partial charge >= 0.3 is 0 Å². The van der Waals surface area contributed by atoms with E-state index in [0.717, 1.165) is 30.6 Å². The van der Waals surface area contributed by atoms with Gasteiger partial charge in [0.25, 0.3) is 0 Å². The summed E-state index contributed by atoms with van der Waals surface area (Å²) in [4.78, 5) is 4.63. The van der Waals surface area contributed by atoms with E-state index in [-0.39, 0.29) is 0 Å². The Bertz CT molecular complexity index is 384. The van der Waals surface area contributed by atoms with Crippen LogP contribution in [0.5, 0.6) is 0 Å². The van der Waals surface area contributed by atoms with Gasteiger partial charge < -0.3 is 9.84 Å². The molecule has 2 saturated carbocycles. The molecule has 4 nitrogen and oxygen atoms in total. The number of rotatable bonds is 5. The van der Waals surface area contributed by atoms with Crippen molar-refractivity contribution in [3.8, 4) is 0 Å². The lowest BCUT2D eigenvalue weighted by Gasteiger charge is -2.29. The zero-order valence-electron chi connectivity index (χ0n) is 11.2. The van der Waals surface area contributed by atoms with Gasteiger partial charge in [-0.2, -0.15) is 4.98 Å². The first-order valence-corrected chi connectivity index (χ1v) is 7.42. The summed E-state index contributed by atoms with van der Waals surface area (Å²) in [5.41, 5.74) is 0. The summed E-state index contributed by atoms with van der Waals surface area (Å²) in [6.45, 7) is 3.18. The first-order chi connectivity index (χ1) is 8.86. The Hall–Kier alpha value is -0.900. The standard InChI is InChI=1S/C14H23N3O/c1-2-15-12-6-4-3-5-11(12)14-16-13(17-18-14)9-10-7-8-10/h10-12,15H,2-9H2,1H3. The van der Waals surface area contributed by atoms with E-state index in [1.54, 1.807) is 0 Å². The molecule has 1 aromatic heterocycles. The van der Waals surface area contributed by atoms with Crippen molar-refractivity contribution in [2.75, 3.05) is 6.54 Å². The van der Waals surface area contributed by atoms with Gasteiger partial charge in [-0.1, -0.05) is 24.9 Å². The third-order valence-corrected chi connectivity index (χ3v) is 4.20. The van der Waals surface area contributed by atoms with E-state index in [0.29, 0.717) is 12.0 Å². The molecule has 4 heteroatoms. The molecule has 2 atom stereocenters. The van der Waals surface area contributed by atoms with Gasteiger partial charge in [-0.05, 0) is 38.1 Å². The molecule has 18 heavy (non-hydrogen) atoms. The number of hydrogen-bond donors (Lipinski definition) is 1. The van der Waals surface area contributed by atoms with Crippen LogP contribution >= 0.6 is 0 Å². The summed E-state index contributed by atoms with van der Waals surface area (Å²) in [7, 11) is 0. The molecule has 100 valence electrons. The molecule has 1 heterocycles. The van der Waals surface area contributed by atoms with Crippen molar-refractivity contribution >= 4 is 0 Å². The number of aromatic nitrogens is 2. The molecule has 0 radical (unpaired) electrons. The highest BCUT2D eigenvalue weighted by molar-refractivity contribution is 5.02. The second-order valence-electron chi connectivity index (χ2n) is 5.75. The molecule has 0 bridgehead atoms. The van der Waals surface area contributed by atoms with Gasteiger partial charge in [0, 0.05) is 12.5 Å². The molecule has 0 amide bonds. The minimum atomic E-state index is 0.430. The van der Waals surface area contributed by atoms with Crippen molar-refractivity contribution < 1.29 is 4.52 Å². The Morgan fingerprint density at radius 1 is 1.22 bits per heavy atom. The van der Waals surface area contributed by atoms with Crippen LogP contribution in [0.1, 0.15) is 63.1 Å². The van der Waals surface area contributed by atoms with E-state index in [1.807, 2.05) is 0 Å². The van der Waals surface area contributed by atoms with Crippen LogP contribution in [0.25, 0.3) is 0 Å². The highest BCUT2D eigenvalue weighted by Crippen LogP contribution is 2.34. The lowest BCUT2D eigenvalue weighted by Crippen LogP contribution is -2.37. The molecule has 2 aliphatic rings. The number of nitrogens with zero attached hydrogens (tertiary/aromatic N) is 2. The summed E-state index contributed by atoms with van der Waals surface area (Å²) in [5, 5.41) is 7.72. The lowest BCUT2D eigenvalue weighted by molar-refractivity contribution is 0.264. The van der Waals surface area contributed by atoms with Gasteiger partial charge in [-0.25, -0.2) is 0 Å². The van der Waals surface area contributed by atoms with Crippen LogP contribution in [-0.4, -0.2) is 22.7 Å².